The van der Waals surface area contributed by atoms with Crippen LogP contribution < -0.4 is 4.90 Å². The lowest BCUT2D eigenvalue weighted by Gasteiger charge is -2.36. The van der Waals surface area contributed by atoms with E-state index in [0.29, 0.717) is 13.0 Å². The molecule has 1 amide bonds. The van der Waals surface area contributed by atoms with Crippen molar-refractivity contribution in [2.75, 3.05) is 50.7 Å². The monoisotopic (exact) mass is 345 g/mol. The van der Waals surface area contributed by atoms with Crippen molar-refractivity contribution in [1.82, 2.24) is 9.80 Å². The van der Waals surface area contributed by atoms with E-state index in [1.165, 1.54) is 5.56 Å². The van der Waals surface area contributed by atoms with E-state index in [1.807, 2.05) is 23.1 Å². The minimum Gasteiger partial charge on any atom is -0.481 e. The summed E-state index contributed by atoms with van der Waals surface area (Å²) in [5.41, 5.74) is 2.34. The van der Waals surface area contributed by atoms with Crippen molar-refractivity contribution in [3.8, 4) is 0 Å². The molecule has 0 unspecified atom stereocenters. The maximum Gasteiger partial charge on any atom is 0.303 e. The van der Waals surface area contributed by atoms with Crippen LogP contribution in [0.2, 0.25) is 0 Å². The van der Waals surface area contributed by atoms with E-state index in [1.54, 1.807) is 0 Å². The number of rotatable bonds is 6. The van der Waals surface area contributed by atoms with E-state index in [0.717, 1.165) is 57.8 Å². The first-order valence-corrected chi connectivity index (χ1v) is 9.18. The van der Waals surface area contributed by atoms with Gasteiger partial charge in [-0.25, -0.2) is 0 Å². The molecule has 0 atom stereocenters. The van der Waals surface area contributed by atoms with Crippen LogP contribution in [0.4, 0.5) is 5.69 Å². The molecule has 6 heteroatoms. The van der Waals surface area contributed by atoms with Gasteiger partial charge in [-0.1, -0.05) is 18.2 Å². The van der Waals surface area contributed by atoms with Crippen molar-refractivity contribution in [1.29, 1.82) is 0 Å². The molecule has 1 saturated heterocycles. The zero-order chi connectivity index (χ0) is 17.6. The van der Waals surface area contributed by atoms with Gasteiger partial charge in [0, 0.05) is 44.8 Å². The van der Waals surface area contributed by atoms with Gasteiger partial charge in [0.1, 0.15) is 0 Å². The molecule has 1 aromatic rings. The third-order valence-corrected chi connectivity index (χ3v) is 5.10. The Hall–Kier alpha value is -1.92. The molecule has 1 aromatic carbocycles. The number of nitrogens with zero attached hydrogens (tertiary/aromatic N) is 3. The average molecular weight is 345 g/mol. The first-order chi connectivity index (χ1) is 12.1. The topological polar surface area (TPSA) is 64.1 Å². The zero-order valence-corrected chi connectivity index (χ0v) is 14.7. The van der Waals surface area contributed by atoms with E-state index in [-0.39, 0.29) is 12.3 Å². The molecule has 0 aliphatic carbocycles. The maximum atomic E-state index is 12.8. The van der Waals surface area contributed by atoms with E-state index in [9.17, 15) is 9.59 Å². The highest BCUT2D eigenvalue weighted by molar-refractivity contribution is 5.95. The second-order valence-corrected chi connectivity index (χ2v) is 6.89. The molecule has 6 nitrogen and oxygen atoms in total. The third-order valence-electron chi connectivity index (χ3n) is 5.10. The Kier molecular flexibility index (Phi) is 6.04. The first-order valence-electron chi connectivity index (χ1n) is 9.18. The van der Waals surface area contributed by atoms with Crippen molar-refractivity contribution >= 4 is 17.6 Å². The Labute approximate surface area is 149 Å². The van der Waals surface area contributed by atoms with Gasteiger partial charge in [0.25, 0.3) is 0 Å². The maximum absolute atomic E-state index is 12.8. The van der Waals surface area contributed by atoms with Crippen LogP contribution in [-0.4, -0.2) is 72.6 Å². The average Bonchev–Trinajstić information content (AvgIpc) is 2.62. The van der Waals surface area contributed by atoms with Gasteiger partial charge < -0.3 is 14.9 Å². The van der Waals surface area contributed by atoms with Gasteiger partial charge in [0.05, 0.1) is 6.54 Å². The fourth-order valence-electron chi connectivity index (χ4n) is 3.69. The van der Waals surface area contributed by atoms with Gasteiger partial charge >= 0.3 is 5.97 Å². The van der Waals surface area contributed by atoms with Crippen molar-refractivity contribution in [2.24, 2.45) is 0 Å². The highest BCUT2D eigenvalue weighted by Crippen LogP contribution is 2.26. The molecule has 0 spiro atoms. The molecule has 25 heavy (non-hydrogen) atoms. The van der Waals surface area contributed by atoms with Crippen molar-refractivity contribution < 1.29 is 14.7 Å². The number of carbonyl (C=O) groups excluding carboxylic acids is 1. The zero-order valence-electron chi connectivity index (χ0n) is 14.7. The molecule has 0 bridgehead atoms. The fraction of sp³-hybridized carbons (Fsp3) is 0.579. The molecule has 2 heterocycles. The van der Waals surface area contributed by atoms with E-state index < -0.39 is 5.97 Å². The molecule has 3 rings (SSSR count). The molecule has 0 saturated carbocycles. The van der Waals surface area contributed by atoms with Crippen LogP contribution in [-0.2, 0) is 16.0 Å². The van der Waals surface area contributed by atoms with Gasteiger partial charge in [-0.2, -0.15) is 0 Å². The minimum atomic E-state index is -0.731. The highest BCUT2D eigenvalue weighted by atomic mass is 16.4. The number of carbonyl (C=O) groups is 2. The highest BCUT2D eigenvalue weighted by Gasteiger charge is 2.25. The number of carboxylic acid groups (broad SMARTS) is 1. The van der Waals surface area contributed by atoms with Crippen LogP contribution in [0.3, 0.4) is 0 Å². The van der Waals surface area contributed by atoms with Crippen LogP contribution in [0.5, 0.6) is 0 Å². The molecule has 0 radical (unpaired) electrons. The summed E-state index contributed by atoms with van der Waals surface area (Å²) in [6, 6.07) is 8.20. The normalized spacial score (nSPS) is 18.8. The van der Waals surface area contributed by atoms with Crippen LogP contribution in [0, 0.1) is 0 Å². The summed E-state index contributed by atoms with van der Waals surface area (Å²) in [5.74, 6) is -0.544. The number of aryl methyl sites for hydroxylation is 1. The molecular formula is C19H27N3O3. The first kappa shape index (κ1) is 17.9. The predicted molar refractivity (Wildman–Crippen MR) is 96.9 cm³/mol. The molecule has 0 aromatic heterocycles. The number of benzene rings is 1. The third kappa shape index (κ3) is 4.80. The Morgan fingerprint density at radius 1 is 1.00 bits per heavy atom. The molecule has 136 valence electrons. The summed E-state index contributed by atoms with van der Waals surface area (Å²) in [5, 5.41) is 8.71. The number of hydrogen-bond donors (Lipinski definition) is 1. The van der Waals surface area contributed by atoms with Crippen LogP contribution in [0.15, 0.2) is 24.3 Å². The minimum absolute atomic E-state index is 0.187. The van der Waals surface area contributed by atoms with Crippen LogP contribution >= 0.6 is 0 Å². The van der Waals surface area contributed by atoms with Crippen molar-refractivity contribution in [2.45, 2.75) is 25.7 Å². The number of piperazine rings is 1. The molecular weight excluding hydrogens is 318 g/mol. The van der Waals surface area contributed by atoms with Crippen molar-refractivity contribution in [3.05, 3.63) is 29.8 Å². The SMILES string of the molecule is O=C(O)CCCN1CCN(CC(=O)N2CCCc3ccccc32)CC1. The molecule has 2 aliphatic rings. The Balaban J connectivity index is 1.46. The van der Waals surface area contributed by atoms with E-state index >= 15 is 0 Å². The second kappa shape index (κ2) is 8.45. The predicted octanol–water partition coefficient (Wildman–Crippen LogP) is 1.45. The number of fused-ring (bicyclic) bond motifs is 1. The molecule has 1 fully saturated rings. The van der Waals surface area contributed by atoms with Gasteiger partial charge in [-0.05, 0) is 37.4 Å². The fourth-order valence-corrected chi connectivity index (χ4v) is 3.69. The Bertz CT molecular complexity index is 612. The summed E-state index contributed by atoms with van der Waals surface area (Å²) in [4.78, 5) is 29.8. The second-order valence-electron chi connectivity index (χ2n) is 6.89. The summed E-state index contributed by atoms with van der Waals surface area (Å²) >= 11 is 0. The van der Waals surface area contributed by atoms with Gasteiger partial charge in [-0.3, -0.25) is 14.5 Å². The summed E-state index contributed by atoms with van der Waals surface area (Å²) in [7, 11) is 0. The van der Waals surface area contributed by atoms with Crippen molar-refractivity contribution in [3.63, 3.8) is 0 Å². The summed E-state index contributed by atoms with van der Waals surface area (Å²) in [6.45, 7) is 5.66. The smallest absolute Gasteiger partial charge is 0.303 e. The number of carboxylic acids is 1. The Morgan fingerprint density at radius 2 is 1.72 bits per heavy atom. The largest absolute Gasteiger partial charge is 0.481 e. The van der Waals surface area contributed by atoms with Gasteiger partial charge in [0.2, 0.25) is 5.91 Å². The summed E-state index contributed by atoms with van der Waals surface area (Å²) < 4.78 is 0. The van der Waals surface area contributed by atoms with Gasteiger partial charge in [-0.15, -0.1) is 0 Å². The molecule has 1 N–H and O–H groups in total. The lowest BCUT2D eigenvalue weighted by atomic mass is 10.0. The van der Waals surface area contributed by atoms with E-state index in [4.69, 9.17) is 5.11 Å². The lowest BCUT2D eigenvalue weighted by Crippen LogP contribution is -2.50. The van der Waals surface area contributed by atoms with Crippen LogP contribution in [0.1, 0.15) is 24.8 Å². The lowest BCUT2D eigenvalue weighted by molar-refractivity contribution is -0.137. The Morgan fingerprint density at radius 3 is 2.48 bits per heavy atom. The quantitative estimate of drug-likeness (QED) is 0.845. The van der Waals surface area contributed by atoms with E-state index in [2.05, 4.69) is 15.9 Å². The van der Waals surface area contributed by atoms with Gasteiger partial charge in [0.15, 0.2) is 0 Å². The number of hydrogen-bond acceptors (Lipinski definition) is 4. The number of para-hydroxylation sites is 1. The standard InChI is InChI=1S/C19H27N3O3/c23-18(22-10-3-6-16-5-1-2-7-17(16)22)15-21-13-11-20(12-14-21)9-4-8-19(24)25/h1-2,5,7H,3-4,6,8-15H2,(H,24,25). The van der Waals surface area contributed by atoms with Crippen LogP contribution in [0.25, 0.3) is 0 Å². The molecule has 2 aliphatic heterocycles. The number of anilines is 1. The summed E-state index contributed by atoms with van der Waals surface area (Å²) in [6.07, 6.45) is 3.00. The number of amides is 1. The number of aliphatic carboxylic acids is 1.